The molecule has 0 aromatic rings. The number of carbonyl (C=O) groups is 1. The SMILES string of the molecule is CC(O)CC(=O)OC(C)(C)CCO. The maximum absolute atomic E-state index is 11.1. The van der Waals surface area contributed by atoms with Crippen LogP contribution in [0.4, 0.5) is 0 Å². The minimum atomic E-state index is -0.683. The molecule has 4 heteroatoms. The van der Waals surface area contributed by atoms with Crippen molar-refractivity contribution in [2.75, 3.05) is 6.61 Å². The predicted octanol–water partition coefficient (Wildman–Crippen LogP) is 0.461. The summed E-state index contributed by atoms with van der Waals surface area (Å²) in [5.41, 5.74) is -0.652. The molecular formula is C9H18O4. The van der Waals surface area contributed by atoms with Crippen molar-refractivity contribution < 1.29 is 19.7 Å². The molecule has 0 amide bonds. The van der Waals surface area contributed by atoms with Gasteiger partial charge in [0.15, 0.2) is 0 Å². The monoisotopic (exact) mass is 190 g/mol. The Bertz CT molecular complexity index is 163. The smallest absolute Gasteiger partial charge is 0.308 e. The second kappa shape index (κ2) is 5.19. The molecule has 4 nitrogen and oxygen atoms in total. The van der Waals surface area contributed by atoms with E-state index >= 15 is 0 Å². The van der Waals surface area contributed by atoms with Gasteiger partial charge in [-0.25, -0.2) is 0 Å². The van der Waals surface area contributed by atoms with Crippen LogP contribution in [0.2, 0.25) is 0 Å². The first-order chi connectivity index (χ1) is 5.87. The number of aliphatic hydroxyl groups excluding tert-OH is 2. The summed E-state index contributed by atoms with van der Waals surface area (Å²) in [6, 6.07) is 0. The lowest BCUT2D eigenvalue weighted by Crippen LogP contribution is -2.30. The number of ether oxygens (including phenoxy) is 1. The molecule has 0 saturated carbocycles. The van der Waals surface area contributed by atoms with Gasteiger partial charge in [-0.05, 0) is 20.8 Å². The van der Waals surface area contributed by atoms with E-state index in [1.54, 1.807) is 13.8 Å². The topological polar surface area (TPSA) is 66.8 Å². The van der Waals surface area contributed by atoms with Crippen LogP contribution in [0.15, 0.2) is 0 Å². The summed E-state index contributed by atoms with van der Waals surface area (Å²) >= 11 is 0. The molecule has 0 aliphatic rings. The molecule has 0 saturated heterocycles. The maximum atomic E-state index is 11.1. The molecular weight excluding hydrogens is 172 g/mol. The molecule has 0 spiro atoms. The van der Waals surface area contributed by atoms with Crippen LogP contribution in [0.5, 0.6) is 0 Å². The van der Waals surface area contributed by atoms with Crippen molar-refractivity contribution in [1.82, 2.24) is 0 Å². The Morgan fingerprint density at radius 3 is 2.46 bits per heavy atom. The molecule has 78 valence electrons. The van der Waals surface area contributed by atoms with Crippen molar-refractivity contribution in [3.8, 4) is 0 Å². The molecule has 0 aliphatic carbocycles. The zero-order valence-electron chi connectivity index (χ0n) is 8.41. The lowest BCUT2D eigenvalue weighted by atomic mass is 10.1. The molecule has 0 radical (unpaired) electrons. The van der Waals surface area contributed by atoms with Gasteiger partial charge in [-0.1, -0.05) is 0 Å². The van der Waals surface area contributed by atoms with E-state index in [0.29, 0.717) is 6.42 Å². The molecule has 0 heterocycles. The van der Waals surface area contributed by atoms with Gasteiger partial charge in [-0.2, -0.15) is 0 Å². The number of hydrogen-bond donors (Lipinski definition) is 2. The summed E-state index contributed by atoms with van der Waals surface area (Å²) in [6.45, 7) is 4.96. The molecule has 0 aliphatic heterocycles. The predicted molar refractivity (Wildman–Crippen MR) is 48.2 cm³/mol. The number of aliphatic hydroxyl groups is 2. The lowest BCUT2D eigenvalue weighted by molar-refractivity contribution is -0.159. The first kappa shape index (κ1) is 12.4. The van der Waals surface area contributed by atoms with Gasteiger partial charge in [0.05, 0.1) is 12.5 Å². The van der Waals surface area contributed by atoms with Gasteiger partial charge in [0, 0.05) is 13.0 Å². The van der Waals surface area contributed by atoms with Crippen LogP contribution in [-0.2, 0) is 9.53 Å². The van der Waals surface area contributed by atoms with E-state index in [2.05, 4.69) is 0 Å². The van der Waals surface area contributed by atoms with E-state index in [0.717, 1.165) is 0 Å². The quantitative estimate of drug-likeness (QED) is 0.618. The Labute approximate surface area is 78.5 Å². The molecule has 0 fully saturated rings. The minimum absolute atomic E-state index is 0.00510. The van der Waals surface area contributed by atoms with Crippen LogP contribution in [0.3, 0.4) is 0 Å². The van der Waals surface area contributed by atoms with Gasteiger partial charge in [0.1, 0.15) is 5.60 Å². The first-order valence-corrected chi connectivity index (χ1v) is 4.38. The van der Waals surface area contributed by atoms with Crippen LogP contribution < -0.4 is 0 Å². The third kappa shape index (κ3) is 6.54. The van der Waals surface area contributed by atoms with Gasteiger partial charge >= 0.3 is 5.97 Å². The fourth-order valence-corrected chi connectivity index (χ4v) is 0.911. The molecule has 1 unspecified atom stereocenters. The highest BCUT2D eigenvalue weighted by molar-refractivity contribution is 5.70. The second-order valence-electron chi connectivity index (χ2n) is 3.76. The third-order valence-corrected chi connectivity index (χ3v) is 1.57. The molecule has 0 aromatic heterocycles. The Morgan fingerprint density at radius 1 is 1.54 bits per heavy atom. The fraction of sp³-hybridized carbons (Fsp3) is 0.889. The normalized spacial score (nSPS) is 13.9. The Balaban J connectivity index is 3.89. The van der Waals surface area contributed by atoms with Crippen molar-refractivity contribution >= 4 is 5.97 Å². The molecule has 0 rings (SSSR count). The van der Waals surface area contributed by atoms with Crippen molar-refractivity contribution in [3.63, 3.8) is 0 Å². The van der Waals surface area contributed by atoms with Gasteiger partial charge in [0.2, 0.25) is 0 Å². The van der Waals surface area contributed by atoms with E-state index in [1.807, 2.05) is 0 Å². The third-order valence-electron chi connectivity index (χ3n) is 1.57. The van der Waals surface area contributed by atoms with E-state index in [1.165, 1.54) is 6.92 Å². The van der Waals surface area contributed by atoms with Crippen molar-refractivity contribution in [3.05, 3.63) is 0 Å². The summed E-state index contributed by atoms with van der Waals surface area (Å²) in [6.07, 6.45) is -0.287. The molecule has 2 N–H and O–H groups in total. The Morgan fingerprint density at radius 2 is 2.08 bits per heavy atom. The zero-order valence-corrected chi connectivity index (χ0v) is 8.41. The molecule has 0 bridgehead atoms. The number of esters is 1. The van der Waals surface area contributed by atoms with E-state index in [-0.39, 0.29) is 13.0 Å². The number of carbonyl (C=O) groups excluding carboxylic acids is 1. The van der Waals surface area contributed by atoms with Gasteiger partial charge in [-0.15, -0.1) is 0 Å². The van der Waals surface area contributed by atoms with Gasteiger partial charge < -0.3 is 14.9 Å². The highest BCUT2D eigenvalue weighted by atomic mass is 16.6. The molecule has 0 aromatic carbocycles. The summed E-state index contributed by atoms with van der Waals surface area (Å²) in [5, 5.41) is 17.6. The summed E-state index contributed by atoms with van der Waals surface area (Å²) in [5.74, 6) is -0.437. The minimum Gasteiger partial charge on any atom is -0.459 e. The van der Waals surface area contributed by atoms with Crippen molar-refractivity contribution in [2.45, 2.75) is 45.3 Å². The van der Waals surface area contributed by atoms with Crippen molar-refractivity contribution in [1.29, 1.82) is 0 Å². The Kier molecular flexibility index (Phi) is 4.95. The average molecular weight is 190 g/mol. The Hall–Kier alpha value is -0.610. The van der Waals surface area contributed by atoms with Crippen LogP contribution in [0, 0.1) is 0 Å². The van der Waals surface area contributed by atoms with Crippen molar-refractivity contribution in [2.24, 2.45) is 0 Å². The van der Waals surface area contributed by atoms with Crippen LogP contribution in [0.1, 0.15) is 33.6 Å². The molecule has 1 atom stereocenters. The van der Waals surface area contributed by atoms with Gasteiger partial charge in [-0.3, -0.25) is 4.79 Å². The highest BCUT2D eigenvalue weighted by Crippen LogP contribution is 2.14. The second-order valence-corrected chi connectivity index (χ2v) is 3.76. The van der Waals surface area contributed by atoms with E-state index < -0.39 is 17.7 Å². The summed E-state index contributed by atoms with van der Waals surface area (Å²) in [7, 11) is 0. The summed E-state index contributed by atoms with van der Waals surface area (Å²) in [4.78, 5) is 11.1. The standard InChI is InChI=1S/C9H18O4/c1-7(11)6-8(12)13-9(2,3)4-5-10/h7,10-11H,4-6H2,1-3H3. The summed E-state index contributed by atoms with van der Waals surface area (Å²) < 4.78 is 5.03. The number of rotatable bonds is 5. The van der Waals surface area contributed by atoms with E-state index in [9.17, 15) is 4.79 Å². The average Bonchev–Trinajstić information content (AvgIpc) is 1.81. The van der Waals surface area contributed by atoms with Crippen LogP contribution in [-0.4, -0.2) is 34.5 Å². The van der Waals surface area contributed by atoms with Crippen LogP contribution >= 0.6 is 0 Å². The zero-order chi connectivity index (χ0) is 10.5. The molecule has 13 heavy (non-hydrogen) atoms. The maximum Gasteiger partial charge on any atom is 0.308 e. The largest absolute Gasteiger partial charge is 0.459 e. The number of hydrogen-bond acceptors (Lipinski definition) is 4. The lowest BCUT2D eigenvalue weighted by Gasteiger charge is -2.24. The first-order valence-electron chi connectivity index (χ1n) is 4.38. The van der Waals surface area contributed by atoms with Gasteiger partial charge in [0.25, 0.3) is 0 Å². The van der Waals surface area contributed by atoms with Crippen LogP contribution in [0.25, 0.3) is 0 Å². The highest BCUT2D eigenvalue weighted by Gasteiger charge is 2.22. The fourth-order valence-electron chi connectivity index (χ4n) is 0.911. The van der Waals surface area contributed by atoms with E-state index in [4.69, 9.17) is 14.9 Å².